The normalized spacial score (nSPS) is 24.1. The molecule has 1 aliphatic heterocycles. The molecule has 1 amide bonds. The Kier molecular flexibility index (Phi) is 4.49. The van der Waals surface area contributed by atoms with Crippen molar-refractivity contribution in [1.82, 2.24) is 5.32 Å². The summed E-state index contributed by atoms with van der Waals surface area (Å²) in [5.74, 6) is -0.0474. The Hall–Kier alpha value is -0.660. The Morgan fingerprint density at radius 2 is 2.27 bits per heavy atom. The van der Waals surface area contributed by atoms with Crippen LogP contribution >= 0.6 is 0 Å². The highest BCUT2D eigenvalue weighted by Gasteiger charge is 2.26. The Labute approximate surface area is 89.1 Å². The van der Waals surface area contributed by atoms with Gasteiger partial charge in [0.05, 0.1) is 18.1 Å². The van der Waals surface area contributed by atoms with Crippen molar-refractivity contribution in [2.45, 2.75) is 12.5 Å². The van der Waals surface area contributed by atoms with Gasteiger partial charge in [-0.25, -0.2) is 8.42 Å². The molecule has 0 spiro atoms. The molecule has 0 aromatic carbocycles. The first kappa shape index (κ1) is 12.4. The van der Waals surface area contributed by atoms with Crippen molar-refractivity contribution in [2.75, 3.05) is 31.3 Å². The minimum atomic E-state index is -2.83. The van der Waals surface area contributed by atoms with Gasteiger partial charge in [-0.1, -0.05) is 0 Å². The monoisotopic (exact) mass is 236 g/mol. The van der Waals surface area contributed by atoms with Gasteiger partial charge < -0.3 is 15.8 Å². The maximum absolute atomic E-state index is 11.1. The molecule has 15 heavy (non-hydrogen) atoms. The zero-order valence-electron chi connectivity index (χ0n) is 8.44. The number of carbonyl (C=O) groups excluding carboxylic acids is 1. The lowest BCUT2D eigenvalue weighted by molar-refractivity contribution is -0.122. The van der Waals surface area contributed by atoms with Crippen LogP contribution in [0.2, 0.25) is 0 Å². The first-order chi connectivity index (χ1) is 6.99. The lowest BCUT2D eigenvalue weighted by Crippen LogP contribution is -2.33. The smallest absolute Gasteiger partial charge is 0.243 e. The van der Waals surface area contributed by atoms with E-state index in [9.17, 15) is 13.2 Å². The zero-order valence-corrected chi connectivity index (χ0v) is 9.26. The number of hydrogen-bond acceptors (Lipinski definition) is 5. The first-order valence-electron chi connectivity index (χ1n) is 4.79. The number of rotatable bonds is 6. The molecule has 1 heterocycles. The fraction of sp³-hybridized carbons (Fsp3) is 0.875. The van der Waals surface area contributed by atoms with Gasteiger partial charge in [0.15, 0.2) is 9.84 Å². The summed E-state index contributed by atoms with van der Waals surface area (Å²) in [4.78, 5) is 10.3. The summed E-state index contributed by atoms with van der Waals surface area (Å²) in [6, 6.07) is 0.0205. The number of nitrogens with one attached hydrogen (secondary N) is 1. The van der Waals surface area contributed by atoms with E-state index in [1.165, 1.54) is 0 Å². The van der Waals surface area contributed by atoms with Crippen LogP contribution in [0.3, 0.4) is 0 Å². The van der Waals surface area contributed by atoms with Gasteiger partial charge in [0.2, 0.25) is 5.91 Å². The molecule has 0 aromatic rings. The highest BCUT2D eigenvalue weighted by Crippen LogP contribution is 2.10. The summed E-state index contributed by atoms with van der Waals surface area (Å²) in [6.45, 7) is 0.803. The van der Waals surface area contributed by atoms with E-state index < -0.39 is 15.7 Å². The second kappa shape index (κ2) is 5.43. The van der Waals surface area contributed by atoms with E-state index in [-0.39, 0.29) is 24.2 Å². The van der Waals surface area contributed by atoms with Crippen LogP contribution in [0, 0.1) is 0 Å². The largest absolute Gasteiger partial charge is 0.370 e. The molecule has 1 rings (SSSR count). The Morgan fingerprint density at radius 1 is 1.53 bits per heavy atom. The second-order valence-corrected chi connectivity index (χ2v) is 5.80. The van der Waals surface area contributed by atoms with Crippen molar-refractivity contribution in [3.05, 3.63) is 0 Å². The number of hydrogen-bond donors (Lipinski definition) is 2. The van der Waals surface area contributed by atoms with Crippen LogP contribution in [0.25, 0.3) is 0 Å². The minimum Gasteiger partial charge on any atom is -0.370 e. The molecule has 3 N–H and O–H groups in total. The number of ether oxygens (including phenoxy) is 1. The average molecular weight is 236 g/mol. The van der Waals surface area contributed by atoms with E-state index in [1.807, 2.05) is 0 Å². The van der Waals surface area contributed by atoms with Crippen LogP contribution < -0.4 is 11.1 Å². The molecular formula is C8H16N2O4S. The van der Waals surface area contributed by atoms with Crippen molar-refractivity contribution >= 4 is 15.7 Å². The highest BCUT2D eigenvalue weighted by molar-refractivity contribution is 7.91. The lowest BCUT2D eigenvalue weighted by atomic mass is 10.3. The minimum absolute atomic E-state index is 0.0205. The standard InChI is InChI=1S/C8H16N2O4S/c9-8(11)5-14-3-2-10-7-1-4-15(12,13)6-7/h7,10H,1-6H2,(H2,9,11). The van der Waals surface area contributed by atoms with Gasteiger partial charge in [-0.15, -0.1) is 0 Å². The van der Waals surface area contributed by atoms with Crippen LogP contribution in [-0.2, 0) is 19.4 Å². The van der Waals surface area contributed by atoms with Crippen LogP contribution in [0.4, 0.5) is 0 Å². The van der Waals surface area contributed by atoms with Crippen molar-refractivity contribution in [3.63, 3.8) is 0 Å². The fourth-order valence-electron chi connectivity index (χ4n) is 1.46. The van der Waals surface area contributed by atoms with Crippen molar-refractivity contribution in [3.8, 4) is 0 Å². The highest BCUT2D eigenvalue weighted by atomic mass is 32.2. The molecule has 1 fully saturated rings. The van der Waals surface area contributed by atoms with Gasteiger partial charge in [-0.2, -0.15) is 0 Å². The van der Waals surface area contributed by atoms with Crippen molar-refractivity contribution in [2.24, 2.45) is 5.73 Å². The van der Waals surface area contributed by atoms with Crippen LogP contribution in [0.1, 0.15) is 6.42 Å². The molecule has 0 saturated carbocycles. The van der Waals surface area contributed by atoms with Crippen LogP contribution in [0.15, 0.2) is 0 Å². The summed E-state index contributed by atoms with van der Waals surface area (Å²) in [5.41, 5.74) is 4.87. The zero-order chi connectivity index (χ0) is 11.3. The SMILES string of the molecule is NC(=O)COCCNC1CCS(=O)(=O)C1. The van der Waals surface area contributed by atoms with Crippen molar-refractivity contribution < 1.29 is 17.9 Å². The summed E-state index contributed by atoms with van der Waals surface area (Å²) in [7, 11) is -2.83. The number of sulfone groups is 1. The second-order valence-electron chi connectivity index (χ2n) is 3.57. The van der Waals surface area contributed by atoms with Gasteiger partial charge >= 0.3 is 0 Å². The van der Waals surface area contributed by atoms with Gasteiger partial charge in [0.25, 0.3) is 0 Å². The van der Waals surface area contributed by atoms with Gasteiger partial charge in [0.1, 0.15) is 6.61 Å². The summed E-state index contributed by atoms with van der Waals surface area (Å²) < 4.78 is 27.1. The summed E-state index contributed by atoms with van der Waals surface area (Å²) in [6.07, 6.45) is 0.651. The average Bonchev–Trinajstić information content (AvgIpc) is 2.44. The van der Waals surface area contributed by atoms with Gasteiger partial charge in [0, 0.05) is 12.6 Å². The topological polar surface area (TPSA) is 98.5 Å². The third-order valence-corrected chi connectivity index (χ3v) is 3.92. The summed E-state index contributed by atoms with van der Waals surface area (Å²) in [5, 5.41) is 3.05. The lowest BCUT2D eigenvalue weighted by Gasteiger charge is -2.09. The molecule has 0 aromatic heterocycles. The van der Waals surface area contributed by atoms with E-state index in [4.69, 9.17) is 10.5 Å². The summed E-state index contributed by atoms with van der Waals surface area (Å²) >= 11 is 0. The van der Waals surface area contributed by atoms with Crippen LogP contribution in [0.5, 0.6) is 0 Å². The van der Waals surface area contributed by atoms with Gasteiger partial charge in [-0.05, 0) is 6.42 Å². The van der Waals surface area contributed by atoms with E-state index in [1.54, 1.807) is 0 Å². The quantitative estimate of drug-likeness (QED) is 0.534. The molecule has 0 radical (unpaired) electrons. The van der Waals surface area contributed by atoms with E-state index >= 15 is 0 Å². The van der Waals surface area contributed by atoms with Gasteiger partial charge in [-0.3, -0.25) is 4.79 Å². The van der Waals surface area contributed by atoms with E-state index in [0.29, 0.717) is 19.6 Å². The Morgan fingerprint density at radius 3 is 2.80 bits per heavy atom. The van der Waals surface area contributed by atoms with Crippen LogP contribution in [-0.4, -0.2) is 51.6 Å². The molecule has 0 aliphatic carbocycles. The number of carbonyl (C=O) groups is 1. The molecule has 88 valence electrons. The maximum Gasteiger partial charge on any atom is 0.243 e. The number of amides is 1. The Bertz CT molecular complexity index is 315. The predicted octanol–water partition coefficient (Wildman–Crippen LogP) is -1.73. The molecule has 1 unspecified atom stereocenters. The Balaban J connectivity index is 2.04. The first-order valence-corrected chi connectivity index (χ1v) is 6.61. The maximum atomic E-state index is 11.1. The molecule has 1 aliphatic rings. The molecule has 7 heteroatoms. The molecule has 6 nitrogen and oxygen atoms in total. The third kappa shape index (κ3) is 5.10. The van der Waals surface area contributed by atoms with E-state index in [0.717, 1.165) is 0 Å². The predicted molar refractivity (Wildman–Crippen MR) is 55.1 cm³/mol. The number of nitrogens with two attached hydrogens (primary N) is 1. The third-order valence-electron chi connectivity index (χ3n) is 2.16. The molecule has 1 atom stereocenters. The van der Waals surface area contributed by atoms with Crippen molar-refractivity contribution in [1.29, 1.82) is 0 Å². The van der Waals surface area contributed by atoms with E-state index in [2.05, 4.69) is 5.32 Å². The number of primary amides is 1. The molecule has 1 saturated heterocycles. The molecule has 0 bridgehead atoms. The fourth-order valence-corrected chi connectivity index (χ4v) is 3.17. The molecular weight excluding hydrogens is 220 g/mol.